The van der Waals surface area contributed by atoms with E-state index in [1.54, 1.807) is 0 Å². The summed E-state index contributed by atoms with van der Waals surface area (Å²) >= 11 is 0. The van der Waals surface area contributed by atoms with Gasteiger partial charge in [0.1, 0.15) is 0 Å². The average Bonchev–Trinajstić information content (AvgIpc) is 2.88. The van der Waals surface area contributed by atoms with Crippen molar-refractivity contribution in [2.45, 2.75) is 50.7 Å². The molecule has 0 aromatic rings. The summed E-state index contributed by atoms with van der Waals surface area (Å²) in [6, 6.07) is 0.0821. The Hall–Kier alpha value is -0.610. The highest BCUT2D eigenvalue weighted by atomic mass is 16.3. The first-order chi connectivity index (χ1) is 8.48. The van der Waals surface area contributed by atoms with Crippen molar-refractivity contribution in [1.82, 2.24) is 4.90 Å². The van der Waals surface area contributed by atoms with Crippen LogP contribution in [0.2, 0.25) is 0 Å². The quantitative estimate of drug-likeness (QED) is 0.723. The first-order valence-corrected chi connectivity index (χ1v) is 7.25. The number of piperidine rings is 1. The summed E-state index contributed by atoms with van der Waals surface area (Å²) in [6.45, 7) is 3.23. The lowest BCUT2D eigenvalue weighted by molar-refractivity contribution is -0.141. The molecule has 0 aromatic heterocycles. The van der Waals surface area contributed by atoms with Gasteiger partial charge in [0, 0.05) is 19.1 Å². The van der Waals surface area contributed by atoms with Crippen LogP contribution in [0.1, 0.15) is 39.0 Å². The zero-order valence-electron chi connectivity index (χ0n) is 11.1. The van der Waals surface area contributed by atoms with Crippen molar-refractivity contribution in [2.24, 2.45) is 23.5 Å². The van der Waals surface area contributed by atoms with Gasteiger partial charge in [-0.1, -0.05) is 0 Å². The van der Waals surface area contributed by atoms with Crippen LogP contribution in [0.4, 0.5) is 0 Å². The third kappa shape index (κ3) is 1.95. The number of rotatable bonds is 1. The van der Waals surface area contributed by atoms with Gasteiger partial charge in [-0.15, -0.1) is 0 Å². The number of likely N-dealkylation sites (tertiary alicyclic amines) is 1. The monoisotopic (exact) mass is 252 g/mol. The number of nitrogens with zero attached hydrogens (tertiary/aromatic N) is 1. The second-order valence-corrected chi connectivity index (χ2v) is 6.76. The van der Waals surface area contributed by atoms with Crippen LogP contribution < -0.4 is 5.73 Å². The SMILES string of the molecule is CC1(O)CCN(C(=O)C2C3CCC(C3)C2N)CC1. The van der Waals surface area contributed by atoms with Crippen LogP contribution in [0.25, 0.3) is 0 Å². The van der Waals surface area contributed by atoms with Gasteiger partial charge in [-0.25, -0.2) is 0 Å². The maximum Gasteiger partial charge on any atom is 0.227 e. The lowest BCUT2D eigenvalue weighted by atomic mass is 9.83. The van der Waals surface area contributed by atoms with Crippen molar-refractivity contribution in [2.75, 3.05) is 13.1 Å². The standard InChI is InChI=1S/C14H24N2O2/c1-14(18)4-6-16(7-5-14)13(17)11-9-2-3-10(8-9)12(11)15/h9-12,18H,2-8,15H2,1H3. The van der Waals surface area contributed by atoms with Gasteiger partial charge >= 0.3 is 0 Å². The highest BCUT2D eigenvalue weighted by molar-refractivity contribution is 5.80. The van der Waals surface area contributed by atoms with Crippen LogP contribution >= 0.6 is 0 Å². The van der Waals surface area contributed by atoms with Crippen LogP contribution in [0.15, 0.2) is 0 Å². The molecule has 0 aromatic carbocycles. The van der Waals surface area contributed by atoms with E-state index in [0.29, 0.717) is 37.8 Å². The van der Waals surface area contributed by atoms with Crippen LogP contribution in [-0.4, -0.2) is 40.6 Å². The maximum absolute atomic E-state index is 12.6. The summed E-state index contributed by atoms with van der Waals surface area (Å²) in [5.74, 6) is 1.42. The number of hydrogen-bond donors (Lipinski definition) is 2. The van der Waals surface area contributed by atoms with E-state index in [-0.39, 0.29) is 17.9 Å². The second-order valence-electron chi connectivity index (χ2n) is 6.76. The Morgan fingerprint density at radius 1 is 1.28 bits per heavy atom. The molecule has 4 unspecified atom stereocenters. The van der Waals surface area contributed by atoms with E-state index >= 15 is 0 Å². The molecule has 1 saturated heterocycles. The number of fused-ring (bicyclic) bond motifs is 2. The summed E-state index contributed by atoms with van der Waals surface area (Å²) in [4.78, 5) is 14.5. The van der Waals surface area contributed by atoms with Gasteiger partial charge in [0.05, 0.1) is 11.5 Å². The highest BCUT2D eigenvalue weighted by Crippen LogP contribution is 2.48. The molecular weight excluding hydrogens is 228 g/mol. The van der Waals surface area contributed by atoms with Gasteiger partial charge in [0.25, 0.3) is 0 Å². The fraction of sp³-hybridized carbons (Fsp3) is 0.929. The largest absolute Gasteiger partial charge is 0.390 e. The minimum absolute atomic E-state index is 0.0619. The van der Waals surface area contributed by atoms with Gasteiger partial charge in [-0.3, -0.25) is 4.79 Å². The predicted octanol–water partition coefficient (Wildman–Crippen LogP) is 0.733. The molecule has 3 rings (SSSR count). The van der Waals surface area contributed by atoms with E-state index in [1.165, 1.54) is 12.8 Å². The highest BCUT2D eigenvalue weighted by Gasteiger charge is 2.50. The topological polar surface area (TPSA) is 66.6 Å². The van der Waals surface area contributed by atoms with Crippen molar-refractivity contribution in [3.05, 3.63) is 0 Å². The minimum Gasteiger partial charge on any atom is -0.390 e. The van der Waals surface area contributed by atoms with E-state index in [9.17, 15) is 9.90 Å². The molecule has 0 spiro atoms. The van der Waals surface area contributed by atoms with E-state index in [2.05, 4.69) is 0 Å². The zero-order chi connectivity index (χ0) is 12.9. The zero-order valence-corrected chi connectivity index (χ0v) is 11.1. The van der Waals surface area contributed by atoms with Gasteiger partial charge in [0.2, 0.25) is 5.91 Å². The third-order valence-electron chi connectivity index (χ3n) is 5.42. The third-order valence-corrected chi connectivity index (χ3v) is 5.42. The van der Waals surface area contributed by atoms with Crippen LogP contribution in [0.5, 0.6) is 0 Å². The predicted molar refractivity (Wildman–Crippen MR) is 68.7 cm³/mol. The summed E-state index contributed by atoms with van der Waals surface area (Å²) in [7, 11) is 0. The molecule has 4 atom stereocenters. The molecule has 1 aliphatic heterocycles. The van der Waals surface area contributed by atoms with Gasteiger partial charge in [-0.2, -0.15) is 0 Å². The second kappa shape index (κ2) is 4.20. The van der Waals surface area contributed by atoms with Crippen molar-refractivity contribution in [3.8, 4) is 0 Å². The van der Waals surface area contributed by atoms with E-state index in [4.69, 9.17) is 5.73 Å². The molecule has 3 N–H and O–H groups in total. The van der Waals surface area contributed by atoms with Gasteiger partial charge in [-0.05, 0) is 50.9 Å². The number of aliphatic hydroxyl groups is 1. The molecule has 4 nitrogen and oxygen atoms in total. The molecule has 4 heteroatoms. The average molecular weight is 252 g/mol. The van der Waals surface area contributed by atoms with E-state index in [1.807, 2.05) is 11.8 Å². The van der Waals surface area contributed by atoms with E-state index in [0.717, 1.165) is 6.42 Å². The lowest BCUT2D eigenvalue weighted by Crippen LogP contribution is -2.51. The summed E-state index contributed by atoms with van der Waals surface area (Å²) < 4.78 is 0. The molecule has 102 valence electrons. The summed E-state index contributed by atoms with van der Waals surface area (Å²) in [5.41, 5.74) is 5.64. The number of carbonyl (C=O) groups excluding carboxylic acids is 1. The van der Waals surface area contributed by atoms with Gasteiger partial charge in [0.15, 0.2) is 0 Å². The Labute approximate surface area is 109 Å². The smallest absolute Gasteiger partial charge is 0.227 e. The van der Waals surface area contributed by atoms with Crippen molar-refractivity contribution >= 4 is 5.91 Å². The molecule has 2 saturated carbocycles. The van der Waals surface area contributed by atoms with Crippen LogP contribution in [-0.2, 0) is 4.79 Å². The molecular formula is C14H24N2O2. The van der Waals surface area contributed by atoms with Crippen molar-refractivity contribution in [1.29, 1.82) is 0 Å². The fourth-order valence-electron chi connectivity index (χ4n) is 4.12. The molecule has 2 aliphatic carbocycles. The molecule has 3 aliphatic rings. The molecule has 1 heterocycles. The van der Waals surface area contributed by atoms with Gasteiger partial charge < -0.3 is 15.7 Å². The van der Waals surface area contributed by atoms with Crippen LogP contribution in [0, 0.1) is 17.8 Å². The first-order valence-electron chi connectivity index (χ1n) is 7.25. The first kappa shape index (κ1) is 12.4. The molecule has 3 fully saturated rings. The number of amides is 1. The Kier molecular flexibility index (Phi) is 2.90. The Morgan fingerprint density at radius 2 is 1.89 bits per heavy atom. The minimum atomic E-state index is -0.590. The fourth-order valence-corrected chi connectivity index (χ4v) is 4.12. The van der Waals surface area contributed by atoms with Crippen molar-refractivity contribution < 1.29 is 9.90 Å². The molecule has 2 bridgehead atoms. The summed E-state index contributed by atoms with van der Waals surface area (Å²) in [5, 5.41) is 9.93. The Balaban J connectivity index is 1.65. The van der Waals surface area contributed by atoms with Crippen molar-refractivity contribution in [3.63, 3.8) is 0 Å². The van der Waals surface area contributed by atoms with E-state index < -0.39 is 5.60 Å². The molecule has 18 heavy (non-hydrogen) atoms. The Bertz CT molecular complexity index is 344. The Morgan fingerprint density at radius 3 is 2.44 bits per heavy atom. The number of hydrogen-bond acceptors (Lipinski definition) is 3. The molecule has 1 amide bonds. The number of carbonyl (C=O) groups is 1. The normalized spacial score (nSPS) is 42.3. The van der Waals surface area contributed by atoms with Crippen LogP contribution in [0.3, 0.4) is 0 Å². The summed E-state index contributed by atoms with van der Waals surface area (Å²) in [6.07, 6.45) is 4.93. The maximum atomic E-state index is 12.6. The number of nitrogens with two attached hydrogens (primary N) is 1. The molecule has 0 radical (unpaired) electrons. The lowest BCUT2D eigenvalue weighted by Gasteiger charge is -2.39.